The lowest BCUT2D eigenvalue weighted by molar-refractivity contribution is 0.0956. The zero-order valence-electron chi connectivity index (χ0n) is 16.5. The minimum absolute atomic E-state index is 0.0934. The molecule has 1 amide bonds. The SMILES string of the molecule is COc1ccc(-c2nc(C)c(C(=O)NCCCn3ccnc3C)s2)cc1OC. The molecule has 8 heteroatoms. The average molecular weight is 401 g/mol. The van der Waals surface area contributed by atoms with E-state index in [-0.39, 0.29) is 5.91 Å². The first kappa shape index (κ1) is 19.9. The Bertz CT molecular complexity index is 964. The fraction of sp³-hybridized carbons (Fsp3) is 0.350. The van der Waals surface area contributed by atoms with Crippen molar-refractivity contribution in [2.24, 2.45) is 0 Å². The van der Waals surface area contributed by atoms with Crippen LogP contribution in [0, 0.1) is 13.8 Å². The predicted octanol–water partition coefficient (Wildman–Crippen LogP) is 3.46. The number of hydrogen-bond acceptors (Lipinski definition) is 6. The number of amides is 1. The van der Waals surface area contributed by atoms with E-state index in [0.29, 0.717) is 22.9 Å². The van der Waals surface area contributed by atoms with E-state index in [0.717, 1.165) is 35.1 Å². The summed E-state index contributed by atoms with van der Waals surface area (Å²) in [6.07, 6.45) is 4.56. The molecule has 7 nitrogen and oxygen atoms in total. The number of carbonyl (C=O) groups excluding carboxylic acids is 1. The fourth-order valence-electron chi connectivity index (χ4n) is 2.87. The third-order valence-corrected chi connectivity index (χ3v) is 5.62. The van der Waals surface area contributed by atoms with E-state index in [1.165, 1.54) is 11.3 Å². The molecule has 0 aliphatic carbocycles. The Hall–Kier alpha value is -2.87. The van der Waals surface area contributed by atoms with Gasteiger partial charge in [-0.1, -0.05) is 0 Å². The summed E-state index contributed by atoms with van der Waals surface area (Å²) in [6, 6.07) is 5.61. The Labute approximate surface area is 168 Å². The molecular formula is C20H24N4O3S. The first-order chi connectivity index (χ1) is 13.5. The van der Waals surface area contributed by atoms with Gasteiger partial charge >= 0.3 is 0 Å². The van der Waals surface area contributed by atoms with Gasteiger partial charge in [0.2, 0.25) is 0 Å². The summed E-state index contributed by atoms with van der Waals surface area (Å²) in [5, 5.41) is 3.76. The van der Waals surface area contributed by atoms with Crippen molar-refractivity contribution in [1.29, 1.82) is 0 Å². The normalized spacial score (nSPS) is 10.7. The van der Waals surface area contributed by atoms with Crippen molar-refractivity contribution in [3.8, 4) is 22.1 Å². The third kappa shape index (κ3) is 4.33. The van der Waals surface area contributed by atoms with Crippen LogP contribution >= 0.6 is 11.3 Å². The van der Waals surface area contributed by atoms with Crippen molar-refractivity contribution >= 4 is 17.2 Å². The van der Waals surface area contributed by atoms with E-state index in [9.17, 15) is 4.79 Å². The fourth-order valence-corrected chi connectivity index (χ4v) is 3.85. The van der Waals surface area contributed by atoms with Crippen LogP contribution in [0.4, 0.5) is 0 Å². The number of rotatable bonds is 8. The molecule has 0 fully saturated rings. The van der Waals surface area contributed by atoms with Crippen LogP contribution < -0.4 is 14.8 Å². The Morgan fingerprint density at radius 1 is 1.21 bits per heavy atom. The molecule has 1 aromatic carbocycles. The smallest absolute Gasteiger partial charge is 0.263 e. The Balaban J connectivity index is 1.64. The highest BCUT2D eigenvalue weighted by atomic mass is 32.1. The van der Waals surface area contributed by atoms with Crippen molar-refractivity contribution in [2.75, 3.05) is 20.8 Å². The highest BCUT2D eigenvalue weighted by molar-refractivity contribution is 7.17. The molecule has 3 rings (SSSR count). The maximum atomic E-state index is 12.6. The molecule has 0 aliphatic rings. The van der Waals surface area contributed by atoms with E-state index < -0.39 is 0 Å². The highest BCUT2D eigenvalue weighted by Crippen LogP contribution is 2.34. The van der Waals surface area contributed by atoms with Crippen LogP contribution in [0.5, 0.6) is 11.5 Å². The number of aromatic nitrogens is 3. The standard InChI is InChI=1S/C20H24N4O3S/c1-13-18(19(25)22-8-5-10-24-11-9-21-14(24)2)28-20(23-13)15-6-7-16(26-3)17(12-15)27-4/h6-7,9,11-12H,5,8,10H2,1-4H3,(H,22,25). The van der Waals surface area contributed by atoms with Gasteiger partial charge in [-0.15, -0.1) is 11.3 Å². The summed E-state index contributed by atoms with van der Waals surface area (Å²) in [6.45, 7) is 5.24. The second-order valence-corrected chi connectivity index (χ2v) is 7.28. The number of aryl methyl sites for hydroxylation is 3. The van der Waals surface area contributed by atoms with Crippen LogP contribution in [0.15, 0.2) is 30.6 Å². The van der Waals surface area contributed by atoms with Crippen LogP contribution in [0.3, 0.4) is 0 Å². The van der Waals surface area contributed by atoms with Crippen molar-refractivity contribution in [3.05, 3.63) is 47.0 Å². The van der Waals surface area contributed by atoms with Gasteiger partial charge in [-0.3, -0.25) is 4.79 Å². The maximum absolute atomic E-state index is 12.6. The van der Waals surface area contributed by atoms with E-state index in [1.807, 2.05) is 38.2 Å². The molecule has 0 atom stereocenters. The number of nitrogens with one attached hydrogen (secondary N) is 1. The largest absolute Gasteiger partial charge is 0.493 e. The molecule has 2 aromatic heterocycles. The average Bonchev–Trinajstić information content (AvgIpc) is 3.30. The number of methoxy groups -OCH3 is 2. The molecule has 2 heterocycles. The van der Waals surface area contributed by atoms with Crippen molar-refractivity contribution in [3.63, 3.8) is 0 Å². The monoisotopic (exact) mass is 400 g/mol. The van der Waals surface area contributed by atoms with Gasteiger partial charge in [0.15, 0.2) is 11.5 Å². The molecular weight excluding hydrogens is 376 g/mol. The number of ether oxygens (including phenoxy) is 2. The van der Waals surface area contributed by atoms with Crippen molar-refractivity contribution in [2.45, 2.75) is 26.8 Å². The first-order valence-electron chi connectivity index (χ1n) is 8.99. The Kier molecular flexibility index (Phi) is 6.30. The molecule has 0 unspecified atom stereocenters. The van der Waals surface area contributed by atoms with Crippen LogP contribution in [-0.4, -0.2) is 41.2 Å². The molecule has 28 heavy (non-hydrogen) atoms. The zero-order chi connectivity index (χ0) is 20.1. The number of imidazole rings is 1. The zero-order valence-corrected chi connectivity index (χ0v) is 17.3. The lowest BCUT2D eigenvalue weighted by atomic mass is 10.2. The quantitative estimate of drug-likeness (QED) is 0.586. The highest BCUT2D eigenvalue weighted by Gasteiger charge is 2.17. The molecule has 3 aromatic rings. The van der Waals surface area contributed by atoms with Crippen LogP contribution in [0.1, 0.15) is 27.6 Å². The van der Waals surface area contributed by atoms with Gasteiger partial charge in [-0.25, -0.2) is 9.97 Å². The van der Waals surface area contributed by atoms with E-state index in [4.69, 9.17) is 9.47 Å². The molecule has 0 aliphatic heterocycles. The summed E-state index contributed by atoms with van der Waals surface area (Å²) in [7, 11) is 3.19. The Morgan fingerprint density at radius 2 is 2.00 bits per heavy atom. The van der Waals surface area contributed by atoms with Crippen LogP contribution in [0.25, 0.3) is 10.6 Å². The molecule has 0 saturated carbocycles. The lowest BCUT2D eigenvalue weighted by Crippen LogP contribution is -2.25. The molecule has 0 saturated heterocycles. The second kappa shape index (κ2) is 8.88. The number of benzene rings is 1. The molecule has 0 bridgehead atoms. The summed E-state index contributed by atoms with van der Waals surface area (Å²) in [5.74, 6) is 2.17. The summed E-state index contributed by atoms with van der Waals surface area (Å²) < 4.78 is 12.7. The molecule has 0 spiro atoms. The molecule has 148 valence electrons. The Morgan fingerprint density at radius 3 is 2.68 bits per heavy atom. The third-order valence-electron chi connectivity index (χ3n) is 4.42. The van der Waals surface area contributed by atoms with Gasteiger partial charge in [0.1, 0.15) is 15.7 Å². The first-order valence-corrected chi connectivity index (χ1v) is 9.81. The van der Waals surface area contributed by atoms with Gasteiger partial charge in [-0.2, -0.15) is 0 Å². The summed E-state index contributed by atoms with van der Waals surface area (Å²) in [5.41, 5.74) is 1.61. The van der Waals surface area contributed by atoms with Gasteiger partial charge in [0, 0.05) is 31.0 Å². The topological polar surface area (TPSA) is 78.3 Å². The number of nitrogens with zero attached hydrogens (tertiary/aromatic N) is 3. The number of thiazole rings is 1. The molecule has 0 radical (unpaired) electrons. The van der Waals surface area contributed by atoms with E-state index in [1.54, 1.807) is 20.4 Å². The second-order valence-electron chi connectivity index (χ2n) is 6.28. The van der Waals surface area contributed by atoms with E-state index in [2.05, 4.69) is 19.9 Å². The number of carbonyl (C=O) groups is 1. The molecule has 1 N–H and O–H groups in total. The van der Waals surface area contributed by atoms with Gasteiger partial charge in [0.25, 0.3) is 5.91 Å². The van der Waals surface area contributed by atoms with Gasteiger partial charge < -0.3 is 19.4 Å². The van der Waals surface area contributed by atoms with Crippen molar-refractivity contribution < 1.29 is 14.3 Å². The lowest BCUT2D eigenvalue weighted by Gasteiger charge is -2.08. The van der Waals surface area contributed by atoms with E-state index >= 15 is 0 Å². The maximum Gasteiger partial charge on any atom is 0.263 e. The predicted molar refractivity (Wildman–Crippen MR) is 109 cm³/mol. The van der Waals surface area contributed by atoms with Crippen LogP contribution in [0.2, 0.25) is 0 Å². The van der Waals surface area contributed by atoms with Gasteiger partial charge in [0.05, 0.1) is 19.9 Å². The summed E-state index contributed by atoms with van der Waals surface area (Å²) >= 11 is 1.38. The number of hydrogen-bond donors (Lipinski definition) is 1. The minimum Gasteiger partial charge on any atom is -0.493 e. The van der Waals surface area contributed by atoms with Gasteiger partial charge in [-0.05, 0) is 38.5 Å². The van der Waals surface area contributed by atoms with Crippen molar-refractivity contribution in [1.82, 2.24) is 19.9 Å². The summed E-state index contributed by atoms with van der Waals surface area (Å²) in [4.78, 5) is 21.9. The minimum atomic E-state index is -0.0934. The van der Waals surface area contributed by atoms with Crippen LogP contribution in [-0.2, 0) is 6.54 Å².